The predicted molar refractivity (Wildman–Crippen MR) is 99.4 cm³/mol. The van der Waals surface area contributed by atoms with Crippen molar-refractivity contribution in [1.29, 1.82) is 0 Å². The third-order valence-electron chi connectivity index (χ3n) is 7.77. The van der Waals surface area contributed by atoms with Crippen LogP contribution in [0, 0.1) is 35.0 Å². The number of rotatable bonds is 1. The fraction of sp³-hybridized carbons (Fsp3) is 0.609. The zero-order valence-corrected chi connectivity index (χ0v) is 15.2. The van der Waals surface area contributed by atoms with Crippen LogP contribution in [0.15, 0.2) is 48.1 Å². The highest BCUT2D eigenvalue weighted by Crippen LogP contribution is 2.65. The van der Waals surface area contributed by atoms with Gasteiger partial charge in [-0.3, -0.25) is 4.79 Å². The number of hydrogen-bond donors (Lipinski definition) is 0. The Labute approximate surface area is 146 Å². The zero-order valence-electron chi connectivity index (χ0n) is 15.2. The quantitative estimate of drug-likeness (QED) is 0.570. The molecule has 0 aromatic carbocycles. The number of ketones is 1. The maximum atomic E-state index is 11.9. The molecule has 6 atom stereocenters. The Morgan fingerprint density at radius 1 is 1.21 bits per heavy atom. The van der Waals surface area contributed by atoms with Crippen molar-refractivity contribution in [2.24, 2.45) is 35.0 Å². The Bertz CT molecular complexity index is 664. The van der Waals surface area contributed by atoms with Gasteiger partial charge in [0.05, 0.1) is 0 Å². The molecule has 4 aliphatic rings. The van der Waals surface area contributed by atoms with Crippen molar-refractivity contribution < 1.29 is 4.79 Å². The summed E-state index contributed by atoms with van der Waals surface area (Å²) in [6.45, 7) is 13.5. The molecule has 0 heterocycles. The first-order valence-corrected chi connectivity index (χ1v) is 9.68. The summed E-state index contributed by atoms with van der Waals surface area (Å²) in [6.07, 6.45) is 13.2. The van der Waals surface area contributed by atoms with E-state index in [2.05, 4.69) is 39.2 Å². The van der Waals surface area contributed by atoms with Crippen LogP contribution >= 0.6 is 0 Å². The van der Waals surface area contributed by atoms with Gasteiger partial charge in [-0.15, -0.1) is 0 Å². The van der Waals surface area contributed by atoms with Crippen LogP contribution in [0.25, 0.3) is 0 Å². The summed E-state index contributed by atoms with van der Waals surface area (Å²) < 4.78 is 0. The Hall–Kier alpha value is -1.37. The van der Waals surface area contributed by atoms with Gasteiger partial charge in [-0.2, -0.15) is 0 Å². The molecule has 4 rings (SSSR count). The van der Waals surface area contributed by atoms with Crippen molar-refractivity contribution in [2.45, 2.75) is 52.4 Å². The first-order chi connectivity index (χ1) is 11.5. The van der Waals surface area contributed by atoms with Gasteiger partial charge in [0.25, 0.3) is 0 Å². The number of allylic oxidation sites excluding steroid dienone is 5. The average molecular weight is 322 g/mol. The van der Waals surface area contributed by atoms with E-state index in [9.17, 15) is 4.79 Å². The van der Waals surface area contributed by atoms with E-state index in [1.165, 1.54) is 36.0 Å². The maximum Gasteiger partial charge on any atom is 0.156 e. The second kappa shape index (κ2) is 5.58. The van der Waals surface area contributed by atoms with Crippen LogP contribution in [0.2, 0.25) is 0 Å². The molecular weight excluding hydrogens is 292 g/mol. The lowest BCUT2D eigenvalue weighted by Crippen LogP contribution is -2.46. The molecule has 0 unspecified atom stereocenters. The normalized spacial score (nSPS) is 45.0. The second-order valence-corrected chi connectivity index (χ2v) is 8.86. The molecule has 1 nitrogen and oxygen atoms in total. The van der Waals surface area contributed by atoms with Crippen molar-refractivity contribution in [1.82, 2.24) is 0 Å². The molecule has 0 aromatic heterocycles. The lowest BCUT2D eigenvalue weighted by atomic mass is 9.50. The third-order valence-corrected chi connectivity index (χ3v) is 7.77. The molecule has 0 radical (unpaired) electrons. The van der Waals surface area contributed by atoms with Crippen LogP contribution in [-0.4, -0.2) is 5.78 Å². The summed E-state index contributed by atoms with van der Waals surface area (Å²) in [5.41, 5.74) is 4.36. The van der Waals surface area contributed by atoms with Gasteiger partial charge in [0.15, 0.2) is 5.78 Å². The molecule has 0 amide bonds. The molecule has 0 saturated heterocycles. The molecule has 0 aromatic rings. The van der Waals surface area contributed by atoms with Crippen LogP contribution in [0.1, 0.15) is 52.4 Å². The molecule has 4 aliphatic carbocycles. The zero-order chi connectivity index (χ0) is 17.1. The van der Waals surface area contributed by atoms with Crippen molar-refractivity contribution in [3.8, 4) is 0 Å². The molecule has 0 aliphatic heterocycles. The van der Waals surface area contributed by atoms with Gasteiger partial charge in [-0.1, -0.05) is 43.4 Å². The molecule has 3 saturated carbocycles. The van der Waals surface area contributed by atoms with E-state index in [4.69, 9.17) is 0 Å². The van der Waals surface area contributed by atoms with Crippen LogP contribution < -0.4 is 0 Å². The fourth-order valence-corrected chi connectivity index (χ4v) is 6.67. The van der Waals surface area contributed by atoms with E-state index in [0.29, 0.717) is 23.0 Å². The summed E-state index contributed by atoms with van der Waals surface area (Å²) in [5, 5.41) is 0. The highest BCUT2D eigenvalue weighted by molar-refractivity contribution is 5.92. The van der Waals surface area contributed by atoms with Gasteiger partial charge in [0.1, 0.15) is 0 Å². The predicted octanol–water partition coefficient (Wildman–Crippen LogP) is 5.65. The minimum absolute atomic E-state index is 0.309. The second-order valence-electron chi connectivity index (χ2n) is 8.86. The van der Waals surface area contributed by atoms with E-state index in [0.717, 1.165) is 37.0 Å². The fourth-order valence-electron chi connectivity index (χ4n) is 6.67. The monoisotopic (exact) mass is 322 g/mol. The molecule has 24 heavy (non-hydrogen) atoms. The number of hydrogen-bond acceptors (Lipinski definition) is 1. The van der Waals surface area contributed by atoms with Crippen LogP contribution in [-0.2, 0) is 4.79 Å². The Kier molecular flexibility index (Phi) is 3.74. The molecular formula is C23H30O. The van der Waals surface area contributed by atoms with Gasteiger partial charge in [0, 0.05) is 12.3 Å². The summed E-state index contributed by atoms with van der Waals surface area (Å²) >= 11 is 0. The van der Waals surface area contributed by atoms with Crippen molar-refractivity contribution >= 4 is 5.78 Å². The lowest BCUT2D eigenvalue weighted by molar-refractivity contribution is -0.115. The van der Waals surface area contributed by atoms with Crippen LogP contribution in [0.3, 0.4) is 0 Å². The summed E-state index contributed by atoms with van der Waals surface area (Å²) in [5.74, 6) is 3.67. The van der Waals surface area contributed by atoms with Crippen molar-refractivity contribution in [3.05, 3.63) is 48.1 Å². The first kappa shape index (κ1) is 16.1. The summed E-state index contributed by atoms with van der Waals surface area (Å²) in [4.78, 5) is 11.9. The number of carbonyl (C=O) groups is 1. The molecule has 0 bridgehead atoms. The molecule has 0 N–H and O–H groups in total. The minimum Gasteiger partial charge on any atom is -0.295 e. The van der Waals surface area contributed by atoms with E-state index in [-0.39, 0.29) is 0 Å². The average Bonchev–Trinajstić information content (AvgIpc) is 2.80. The highest BCUT2D eigenvalue weighted by Gasteiger charge is 2.57. The molecule has 128 valence electrons. The summed E-state index contributed by atoms with van der Waals surface area (Å²) in [7, 11) is 0. The topological polar surface area (TPSA) is 17.1 Å². The lowest BCUT2D eigenvalue weighted by Gasteiger charge is -2.54. The van der Waals surface area contributed by atoms with Gasteiger partial charge in [0.2, 0.25) is 0 Å². The van der Waals surface area contributed by atoms with Gasteiger partial charge in [-0.05, 0) is 79.8 Å². The van der Waals surface area contributed by atoms with E-state index in [1.807, 2.05) is 6.08 Å². The van der Waals surface area contributed by atoms with Crippen LogP contribution in [0.4, 0.5) is 0 Å². The van der Waals surface area contributed by atoms with Crippen molar-refractivity contribution in [3.63, 3.8) is 0 Å². The Morgan fingerprint density at radius 2 is 2.00 bits per heavy atom. The number of carbonyl (C=O) groups excluding carboxylic acids is 1. The Morgan fingerprint density at radius 3 is 2.75 bits per heavy atom. The molecule has 0 spiro atoms. The first-order valence-electron chi connectivity index (χ1n) is 9.68. The summed E-state index contributed by atoms with van der Waals surface area (Å²) in [6, 6.07) is 0. The van der Waals surface area contributed by atoms with Gasteiger partial charge >= 0.3 is 0 Å². The molecule has 3 fully saturated rings. The molecule has 1 heteroatoms. The van der Waals surface area contributed by atoms with E-state index < -0.39 is 0 Å². The SMILES string of the molecule is C=C1C[C@@H]2[C@H](CC[C@]3(C)[C@H](/C=C/C)C(=C)C[C@@H]23)[C@H]2CCC(=O)C=C12. The van der Waals surface area contributed by atoms with Gasteiger partial charge in [-0.25, -0.2) is 0 Å². The van der Waals surface area contributed by atoms with E-state index in [1.54, 1.807) is 0 Å². The third kappa shape index (κ3) is 2.16. The van der Waals surface area contributed by atoms with E-state index >= 15 is 0 Å². The largest absolute Gasteiger partial charge is 0.295 e. The van der Waals surface area contributed by atoms with Crippen molar-refractivity contribution in [2.75, 3.05) is 0 Å². The van der Waals surface area contributed by atoms with Crippen LogP contribution in [0.5, 0.6) is 0 Å². The standard InChI is InChI=1S/C23H30O/c1-5-6-21-15(3)12-22-20-11-14(2)19-13-16(24)7-8-17(19)18(20)9-10-23(21,22)4/h5-6,13,17-18,20-22H,2-3,7-12H2,1,4H3/b6-5+/t17-,18-,20-,21-,22+,23-/m1/s1. The van der Waals surface area contributed by atoms with Gasteiger partial charge < -0.3 is 0 Å². The highest BCUT2D eigenvalue weighted by atomic mass is 16.1. The number of fused-ring (bicyclic) bond motifs is 5. The maximum absolute atomic E-state index is 11.9. The Balaban J connectivity index is 1.69. The smallest absolute Gasteiger partial charge is 0.156 e. The minimum atomic E-state index is 0.309.